The van der Waals surface area contributed by atoms with E-state index in [9.17, 15) is 13.6 Å². The van der Waals surface area contributed by atoms with Gasteiger partial charge in [0.1, 0.15) is 0 Å². The molecule has 0 atom stereocenters. The minimum atomic E-state index is -3.03. The fourth-order valence-corrected chi connectivity index (χ4v) is 1.56. The summed E-state index contributed by atoms with van der Waals surface area (Å²) >= 11 is 8.71. The van der Waals surface area contributed by atoms with E-state index in [1.54, 1.807) is 0 Å². The highest BCUT2D eigenvalue weighted by Crippen LogP contribution is 2.26. The van der Waals surface area contributed by atoms with E-state index >= 15 is 0 Å². The number of amides is 1. The normalized spacial score (nSPS) is 10.4. The average molecular weight is 284 g/mol. The van der Waals surface area contributed by atoms with E-state index in [2.05, 4.69) is 15.9 Å². The second-order valence-corrected chi connectivity index (χ2v) is 3.70. The first-order chi connectivity index (χ1) is 6.50. The summed E-state index contributed by atoms with van der Waals surface area (Å²) < 4.78 is 24.2. The Morgan fingerprint density at radius 2 is 2.14 bits per heavy atom. The lowest BCUT2D eigenvalue weighted by molar-refractivity contribution is -0.126. The Balaban J connectivity index is 2.82. The van der Waals surface area contributed by atoms with Crippen LogP contribution in [0.2, 0.25) is 5.02 Å². The fraction of sp³-hybridized carbons (Fsp3) is 0.125. The molecule has 0 saturated heterocycles. The van der Waals surface area contributed by atoms with Crippen molar-refractivity contribution in [1.29, 1.82) is 0 Å². The standard InChI is InChI=1S/C8H5BrClF2NO/c9-5-3-4(10)1-2-6(5)13-8(14)7(11)12/h1-3,7H,(H,13,14). The number of hydrogen-bond donors (Lipinski definition) is 1. The second-order valence-electron chi connectivity index (χ2n) is 2.41. The molecule has 0 heterocycles. The maximum atomic E-state index is 11.9. The van der Waals surface area contributed by atoms with E-state index in [0.717, 1.165) is 0 Å². The van der Waals surface area contributed by atoms with Crippen LogP contribution < -0.4 is 5.32 Å². The van der Waals surface area contributed by atoms with Crippen molar-refractivity contribution in [3.8, 4) is 0 Å². The first kappa shape index (κ1) is 11.4. The predicted octanol–water partition coefficient (Wildman–Crippen LogP) is 3.31. The second kappa shape index (κ2) is 4.70. The molecule has 0 unspecified atom stereocenters. The van der Waals surface area contributed by atoms with Crippen LogP contribution in [0.25, 0.3) is 0 Å². The first-order valence-electron chi connectivity index (χ1n) is 3.55. The number of halogens is 4. The highest BCUT2D eigenvalue weighted by atomic mass is 79.9. The van der Waals surface area contributed by atoms with Crippen molar-refractivity contribution in [2.45, 2.75) is 6.43 Å². The van der Waals surface area contributed by atoms with E-state index in [0.29, 0.717) is 9.50 Å². The minimum Gasteiger partial charge on any atom is -0.320 e. The van der Waals surface area contributed by atoms with Crippen LogP contribution in [0.1, 0.15) is 0 Å². The highest BCUT2D eigenvalue weighted by Gasteiger charge is 2.15. The molecule has 14 heavy (non-hydrogen) atoms. The van der Waals surface area contributed by atoms with Crippen LogP contribution in [0.15, 0.2) is 22.7 Å². The zero-order valence-corrected chi connectivity index (χ0v) is 9.07. The van der Waals surface area contributed by atoms with Gasteiger partial charge in [0.15, 0.2) is 0 Å². The van der Waals surface area contributed by atoms with E-state index in [4.69, 9.17) is 11.6 Å². The monoisotopic (exact) mass is 283 g/mol. The zero-order chi connectivity index (χ0) is 10.7. The van der Waals surface area contributed by atoms with Gasteiger partial charge in [-0.15, -0.1) is 0 Å². The van der Waals surface area contributed by atoms with Crippen LogP contribution in [0, 0.1) is 0 Å². The van der Waals surface area contributed by atoms with Gasteiger partial charge in [-0.2, -0.15) is 8.78 Å². The van der Waals surface area contributed by atoms with Crippen molar-refractivity contribution in [2.75, 3.05) is 5.32 Å². The number of hydrogen-bond acceptors (Lipinski definition) is 1. The third-order valence-electron chi connectivity index (χ3n) is 1.39. The zero-order valence-electron chi connectivity index (χ0n) is 6.73. The van der Waals surface area contributed by atoms with Crippen molar-refractivity contribution in [3.63, 3.8) is 0 Å². The van der Waals surface area contributed by atoms with Gasteiger partial charge in [-0.3, -0.25) is 4.79 Å². The summed E-state index contributed by atoms with van der Waals surface area (Å²) in [4.78, 5) is 10.6. The molecule has 1 N–H and O–H groups in total. The predicted molar refractivity (Wildman–Crippen MR) is 53.8 cm³/mol. The first-order valence-corrected chi connectivity index (χ1v) is 4.72. The van der Waals surface area contributed by atoms with Gasteiger partial charge in [-0.1, -0.05) is 11.6 Å². The van der Waals surface area contributed by atoms with E-state index < -0.39 is 12.3 Å². The molecule has 6 heteroatoms. The summed E-state index contributed by atoms with van der Waals surface area (Å²) in [6.45, 7) is 0. The van der Waals surface area contributed by atoms with E-state index in [-0.39, 0.29) is 5.69 Å². The third kappa shape index (κ3) is 2.92. The Kier molecular flexibility index (Phi) is 3.83. The summed E-state index contributed by atoms with van der Waals surface area (Å²) in [6, 6.07) is 4.43. The molecule has 1 aromatic rings. The van der Waals surface area contributed by atoms with Crippen molar-refractivity contribution in [3.05, 3.63) is 27.7 Å². The summed E-state index contributed by atoms with van der Waals surface area (Å²) in [6.07, 6.45) is -3.03. The highest BCUT2D eigenvalue weighted by molar-refractivity contribution is 9.10. The lowest BCUT2D eigenvalue weighted by Crippen LogP contribution is -2.20. The number of alkyl halides is 2. The topological polar surface area (TPSA) is 29.1 Å². The van der Waals surface area contributed by atoms with Crippen LogP contribution in [-0.4, -0.2) is 12.3 Å². The van der Waals surface area contributed by atoms with E-state index in [1.165, 1.54) is 18.2 Å². The quantitative estimate of drug-likeness (QED) is 0.887. The third-order valence-corrected chi connectivity index (χ3v) is 2.28. The van der Waals surface area contributed by atoms with Gasteiger partial charge in [0.2, 0.25) is 0 Å². The molecule has 0 aromatic heterocycles. The van der Waals surface area contributed by atoms with Crippen LogP contribution in [0.4, 0.5) is 14.5 Å². The average Bonchev–Trinajstić information content (AvgIpc) is 2.09. The molecule has 1 rings (SSSR count). The Bertz CT molecular complexity index is 359. The Morgan fingerprint density at radius 1 is 1.50 bits per heavy atom. The molecule has 1 aromatic carbocycles. The smallest absolute Gasteiger partial charge is 0.315 e. The lowest BCUT2D eigenvalue weighted by Gasteiger charge is -2.06. The summed E-state index contributed by atoms with van der Waals surface area (Å²) in [7, 11) is 0. The number of carbonyl (C=O) groups is 1. The Labute approximate surface area is 92.4 Å². The molecule has 0 radical (unpaired) electrons. The molecule has 0 aliphatic rings. The van der Waals surface area contributed by atoms with Gasteiger partial charge < -0.3 is 5.32 Å². The molecular formula is C8H5BrClF2NO. The summed E-state index contributed by atoms with van der Waals surface area (Å²) in [5.41, 5.74) is 0.264. The fourth-order valence-electron chi connectivity index (χ4n) is 0.778. The van der Waals surface area contributed by atoms with Crippen molar-refractivity contribution in [2.24, 2.45) is 0 Å². The van der Waals surface area contributed by atoms with Gasteiger partial charge in [0.05, 0.1) is 5.69 Å². The Morgan fingerprint density at radius 3 is 2.64 bits per heavy atom. The number of carbonyl (C=O) groups excluding carboxylic acids is 1. The molecular weight excluding hydrogens is 279 g/mol. The maximum absolute atomic E-state index is 11.9. The number of rotatable bonds is 2. The van der Waals surface area contributed by atoms with Gasteiger partial charge in [0, 0.05) is 9.50 Å². The summed E-state index contributed by atoms with van der Waals surface area (Å²) in [5, 5.41) is 2.49. The number of anilines is 1. The lowest BCUT2D eigenvalue weighted by atomic mass is 10.3. The van der Waals surface area contributed by atoms with Crippen LogP contribution >= 0.6 is 27.5 Å². The maximum Gasteiger partial charge on any atom is 0.315 e. The number of benzene rings is 1. The van der Waals surface area contributed by atoms with Gasteiger partial charge >= 0.3 is 6.43 Å². The van der Waals surface area contributed by atoms with Crippen molar-refractivity contribution >= 4 is 39.1 Å². The van der Waals surface area contributed by atoms with Crippen molar-refractivity contribution in [1.82, 2.24) is 0 Å². The molecule has 0 aliphatic carbocycles. The Hall–Kier alpha value is -0.680. The molecule has 0 saturated carbocycles. The molecule has 0 bridgehead atoms. The molecule has 0 spiro atoms. The van der Waals surface area contributed by atoms with Gasteiger partial charge in [-0.25, -0.2) is 0 Å². The largest absolute Gasteiger partial charge is 0.320 e. The van der Waals surface area contributed by atoms with Gasteiger partial charge in [0.25, 0.3) is 5.91 Å². The molecule has 1 amide bonds. The van der Waals surface area contributed by atoms with Crippen molar-refractivity contribution < 1.29 is 13.6 Å². The molecule has 0 aliphatic heterocycles. The van der Waals surface area contributed by atoms with Crippen LogP contribution in [-0.2, 0) is 4.79 Å². The molecule has 2 nitrogen and oxygen atoms in total. The number of nitrogens with one attached hydrogen (secondary N) is 1. The molecule has 76 valence electrons. The summed E-state index contributed by atoms with van der Waals surface area (Å²) in [5.74, 6) is -1.34. The van der Waals surface area contributed by atoms with E-state index in [1.807, 2.05) is 5.32 Å². The molecule has 0 fully saturated rings. The minimum absolute atomic E-state index is 0.264. The van der Waals surface area contributed by atoms with Crippen LogP contribution in [0.3, 0.4) is 0 Å². The van der Waals surface area contributed by atoms with Gasteiger partial charge in [-0.05, 0) is 34.1 Å². The van der Waals surface area contributed by atoms with Crippen LogP contribution in [0.5, 0.6) is 0 Å². The SMILES string of the molecule is O=C(Nc1ccc(Cl)cc1Br)C(F)F.